The molecule has 0 aromatic heterocycles. The van der Waals surface area contributed by atoms with Crippen LogP contribution in [0.4, 0.5) is 10.1 Å². The van der Waals surface area contributed by atoms with E-state index in [1.165, 1.54) is 6.07 Å². The summed E-state index contributed by atoms with van der Waals surface area (Å²) in [4.78, 5) is 21.5. The van der Waals surface area contributed by atoms with Crippen molar-refractivity contribution in [3.8, 4) is 0 Å². The molecule has 18 heavy (non-hydrogen) atoms. The van der Waals surface area contributed by atoms with E-state index in [0.29, 0.717) is 0 Å². The first-order valence-corrected chi connectivity index (χ1v) is 5.56. The van der Waals surface area contributed by atoms with E-state index in [2.05, 4.69) is 5.32 Å². The summed E-state index contributed by atoms with van der Waals surface area (Å²) >= 11 is 0. The van der Waals surface area contributed by atoms with Crippen molar-refractivity contribution < 1.29 is 14.1 Å². The lowest BCUT2D eigenvalue weighted by molar-refractivity contribution is -0.387. The highest BCUT2D eigenvalue weighted by Crippen LogP contribution is 2.44. The van der Waals surface area contributed by atoms with Gasteiger partial charge in [-0.05, 0) is 24.0 Å². The van der Waals surface area contributed by atoms with Crippen molar-refractivity contribution >= 4 is 11.6 Å². The summed E-state index contributed by atoms with van der Waals surface area (Å²) in [7, 11) is 0. The first-order valence-electron chi connectivity index (χ1n) is 5.56. The summed E-state index contributed by atoms with van der Waals surface area (Å²) in [6.07, 6.45) is 0.877. The van der Waals surface area contributed by atoms with Gasteiger partial charge < -0.3 is 5.32 Å². The minimum Gasteiger partial charge on any atom is -0.349 e. The van der Waals surface area contributed by atoms with Crippen LogP contribution < -0.4 is 5.32 Å². The number of hydrogen-bond acceptors (Lipinski definition) is 3. The third-order valence-electron chi connectivity index (χ3n) is 3.22. The molecule has 1 aliphatic carbocycles. The number of nitro benzene ring substituents is 1. The van der Waals surface area contributed by atoms with Gasteiger partial charge in [-0.25, -0.2) is 0 Å². The molecule has 0 radical (unpaired) electrons. The average Bonchev–Trinajstić information content (AvgIpc) is 2.85. The number of halogens is 1. The Morgan fingerprint density at radius 1 is 1.56 bits per heavy atom. The zero-order valence-corrected chi connectivity index (χ0v) is 10.1. The fourth-order valence-electron chi connectivity index (χ4n) is 1.75. The molecule has 1 fully saturated rings. The van der Waals surface area contributed by atoms with Crippen LogP contribution >= 0.6 is 0 Å². The number of rotatable bonds is 3. The predicted molar refractivity (Wildman–Crippen MR) is 62.7 cm³/mol. The Bertz CT molecular complexity index is 528. The van der Waals surface area contributed by atoms with Gasteiger partial charge in [0, 0.05) is 17.7 Å². The number of amides is 1. The Balaban J connectivity index is 2.16. The SMILES string of the molecule is CC1(C)CC1NC(=O)c1ccc(F)c([N+](=O)[O-])c1. The van der Waals surface area contributed by atoms with Crippen molar-refractivity contribution in [2.45, 2.75) is 26.3 Å². The summed E-state index contributed by atoms with van der Waals surface area (Å²) in [5, 5.41) is 13.3. The van der Waals surface area contributed by atoms with Crippen LogP contribution in [0.3, 0.4) is 0 Å². The van der Waals surface area contributed by atoms with Crippen LogP contribution in [0.15, 0.2) is 18.2 Å². The molecule has 96 valence electrons. The van der Waals surface area contributed by atoms with Gasteiger partial charge in [0.25, 0.3) is 5.91 Å². The summed E-state index contributed by atoms with van der Waals surface area (Å²) in [5.41, 5.74) is -0.509. The molecule has 5 nitrogen and oxygen atoms in total. The van der Waals surface area contributed by atoms with Crippen molar-refractivity contribution in [2.24, 2.45) is 5.41 Å². The number of hydrogen-bond donors (Lipinski definition) is 1. The van der Waals surface area contributed by atoms with E-state index in [1.54, 1.807) is 0 Å². The number of carbonyl (C=O) groups excluding carboxylic acids is 1. The Hall–Kier alpha value is -1.98. The van der Waals surface area contributed by atoms with Crippen LogP contribution in [-0.2, 0) is 0 Å². The molecule has 2 rings (SSSR count). The van der Waals surface area contributed by atoms with Gasteiger partial charge in [-0.2, -0.15) is 4.39 Å². The maximum atomic E-state index is 13.1. The Morgan fingerprint density at radius 2 is 2.17 bits per heavy atom. The Labute approximate surface area is 103 Å². The van der Waals surface area contributed by atoms with Gasteiger partial charge in [0.05, 0.1) is 4.92 Å². The average molecular weight is 252 g/mol. The van der Waals surface area contributed by atoms with E-state index in [-0.39, 0.29) is 17.0 Å². The quantitative estimate of drug-likeness (QED) is 0.662. The molecule has 0 heterocycles. The maximum Gasteiger partial charge on any atom is 0.305 e. The van der Waals surface area contributed by atoms with E-state index in [9.17, 15) is 19.3 Å². The van der Waals surface area contributed by atoms with Gasteiger partial charge in [0.1, 0.15) is 0 Å². The minimum absolute atomic E-state index is 0.0711. The topological polar surface area (TPSA) is 72.2 Å². The van der Waals surface area contributed by atoms with Crippen LogP contribution in [-0.4, -0.2) is 16.9 Å². The minimum atomic E-state index is -0.941. The van der Waals surface area contributed by atoms with E-state index in [0.717, 1.165) is 18.6 Å². The summed E-state index contributed by atoms with van der Waals surface area (Å²) in [6, 6.07) is 3.21. The molecule has 1 saturated carbocycles. The molecular formula is C12H13FN2O3. The molecule has 6 heteroatoms. The second-order valence-corrected chi connectivity index (χ2v) is 5.14. The number of nitrogens with one attached hydrogen (secondary N) is 1. The van der Waals surface area contributed by atoms with Gasteiger partial charge in [0.15, 0.2) is 0 Å². The zero-order valence-electron chi connectivity index (χ0n) is 10.1. The van der Waals surface area contributed by atoms with Crippen molar-refractivity contribution in [3.05, 3.63) is 39.7 Å². The fourth-order valence-corrected chi connectivity index (χ4v) is 1.75. The van der Waals surface area contributed by atoms with Crippen molar-refractivity contribution in [1.82, 2.24) is 5.32 Å². The van der Waals surface area contributed by atoms with Crippen molar-refractivity contribution in [2.75, 3.05) is 0 Å². The number of benzene rings is 1. The highest BCUT2D eigenvalue weighted by Gasteiger charge is 2.46. The summed E-state index contributed by atoms with van der Waals surface area (Å²) in [5.74, 6) is -1.35. The van der Waals surface area contributed by atoms with Gasteiger partial charge in [-0.1, -0.05) is 13.8 Å². The molecule has 1 atom stereocenters. The molecule has 0 spiro atoms. The molecule has 1 aliphatic rings. The highest BCUT2D eigenvalue weighted by atomic mass is 19.1. The molecule has 1 aromatic carbocycles. The van der Waals surface area contributed by atoms with Crippen LogP contribution in [0.5, 0.6) is 0 Å². The second kappa shape index (κ2) is 4.04. The third kappa shape index (κ3) is 2.32. The van der Waals surface area contributed by atoms with Crippen LogP contribution in [0.2, 0.25) is 0 Å². The Kier molecular flexibility index (Phi) is 2.80. The lowest BCUT2D eigenvalue weighted by Gasteiger charge is -2.06. The zero-order chi connectivity index (χ0) is 13.5. The third-order valence-corrected chi connectivity index (χ3v) is 3.22. The van der Waals surface area contributed by atoms with Crippen molar-refractivity contribution in [3.63, 3.8) is 0 Å². The molecule has 0 bridgehead atoms. The molecule has 1 N–H and O–H groups in total. The first kappa shape index (κ1) is 12.5. The highest BCUT2D eigenvalue weighted by molar-refractivity contribution is 5.95. The van der Waals surface area contributed by atoms with Crippen LogP contribution in [0, 0.1) is 21.3 Å². The summed E-state index contributed by atoms with van der Waals surface area (Å²) in [6.45, 7) is 4.04. The molecule has 0 aliphatic heterocycles. The van der Waals surface area contributed by atoms with E-state index in [1.807, 2.05) is 13.8 Å². The normalized spacial score (nSPS) is 20.3. The second-order valence-electron chi connectivity index (χ2n) is 5.14. The lowest BCUT2D eigenvalue weighted by Crippen LogP contribution is -2.28. The van der Waals surface area contributed by atoms with E-state index >= 15 is 0 Å². The molecular weight excluding hydrogens is 239 g/mol. The fraction of sp³-hybridized carbons (Fsp3) is 0.417. The van der Waals surface area contributed by atoms with Crippen LogP contribution in [0.1, 0.15) is 30.6 Å². The van der Waals surface area contributed by atoms with Crippen molar-refractivity contribution in [1.29, 1.82) is 0 Å². The molecule has 1 amide bonds. The number of nitrogens with zero attached hydrogens (tertiary/aromatic N) is 1. The first-order chi connectivity index (χ1) is 8.31. The van der Waals surface area contributed by atoms with Gasteiger partial charge in [-0.3, -0.25) is 14.9 Å². The van der Waals surface area contributed by atoms with E-state index < -0.39 is 22.3 Å². The smallest absolute Gasteiger partial charge is 0.305 e. The van der Waals surface area contributed by atoms with Gasteiger partial charge in [0.2, 0.25) is 5.82 Å². The van der Waals surface area contributed by atoms with Crippen LogP contribution in [0.25, 0.3) is 0 Å². The molecule has 1 aromatic rings. The van der Waals surface area contributed by atoms with E-state index in [4.69, 9.17) is 0 Å². The number of carbonyl (C=O) groups is 1. The molecule has 1 unspecified atom stereocenters. The Morgan fingerprint density at radius 3 is 2.67 bits per heavy atom. The molecule has 0 saturated heterocycles. The standard InChI is InChI=1S/C12H13FN2O3/c1-12(2)6-10(12)14-11(16)7-3-4-8(13)9(5-7)15(17)18/h3-5,10H,6H2,1-2H3,(H,14,16). The predicted octanol–water partition coefficient (Wildman–Crippen LogP) is 2.26. The van der Waals surface area contributed by atoms with Gasteiger partial charge >= 0.3 is 5.69 Å². The number of nitro groups is 1. The van der Waals surface area contributed by atoms with Gasteiger partial charge in [-0.15, -0.1) is 0 Å². The lowest BCUT2D eigenvalue weighted by atomic mass is 10.1. The largest absolute Gasteiger partial charge is 0.349 e. The summed E-state index contributed by atoms with van der Waals surface area (Å²) < 4.78 is 13.1. The monoisotopic (exact) mass is 252 g/mol. The maximum absolute atomic E-state index is 13.1.